The highest BCUT2D eigenvalue weighted by Gasteiger charge is 2.16. The van der Waals surface area contributed by atoms with Crippen LogP contribution in [-0.4, -0.2) is 12.0 Å². The number of anilines is 1. The Morgan fingerprint density at radius 3 is 2.24 bits per heavy atom. The summed E-state index contributed by atoms with van der Waals surface area (Å²) in [6.07, 6.45) is -0.592. The van der Waals surface area contributed by atoms with Gasteiger partial charge in [-0.2, -0.15) is 0 Å². The van der Waals surface area contributed by atoms with E-state index in [9.17, 15) is 4.79 Å². The molecule has 0 bridgehead atoms. The first-order valence-corrected chi connectivity index (χ1v) is 7.14. The number of halogens is 1. The highest BCUT2D eigenvalue weighted by atomic mass is 35.5. The smallest absolute Gasteiger partial charge is 0.265 e. The lowest BCUT2D eigenvalue weighted by molar-refractivity contribution is -0.122. The minimum absolute atomic E-state index is 0.178. The number of hydrogen-bond acceptors (Lipinski definition) is 2. The number of para-hydroxylation sites is 1. The molecule has 1 atom stereocenters. The van der Waals surface area contributed by atoms with Gasteiger partial charge in [-0.15, -0.1) is 0 Å². The quantitative estimate of drug-likeness (QED) is 0.911. The van der Waals surface area contributed by atoms with Crippen LogP contribution >= 0.6 is 11.6 Å². The minimum Gasteiger partial charge on any atom is -0.481 e. The number of carbonyl (C=O) groups excluding carboxylic acids is 1. The molecule has 2 aromatic rings. The van der Waals surface area contributed by atoms with E-state index in [4.69, 9.17) is 16.3 Å². The van der Waals surface area contributed by atoms with Gasteiger partial charge in [0.2, 0.25) is 0 Å². The van der Waals surface area contributed by atoms with Gasteiger partial charge in [-0.1, -0.05) is 29.8 Å². The third-order valence-corrected chi connectivity index (χ3v) is 3.48. The highest BCUT2D eigenvalue weighted by molar-refractivity contribution is 6.30. The summed E-state index contributed by atoms with van der Waals surface area (Å²) in [6.45, 7) is 5.65. The van der Waals surface area contributed by atoms with Crippen molar-refractivity contribution in [3.8, 4) is 5.75 Å². The summed E-state index contributed by atoms with van der Waals surface area (Å²) >= 11 is 5.82. The van der Waals surface area contributed by atoms with Gasteiger partial charge in [0.25, 0.3) is 5.91 Å². The summed E-state index contributed by atoms with van der Waals surface area (Å²) < 4.78 is 5.61. The van der Waals surface area contributed by atoms with E-state index in [1.54, 1.807) is 31.2 Å². The van der Waals surface area contributed by atoms with Gasteiger partial charge in [-0.05, 0) is 56.2 Å². The van der Waals surface area contributed by atoms with Crippen LogP contribution in [0.15, 0.2) is 42.5 Å². The van der Waals surface area contributed by atoms with Gasteiger partial charge in [-0.25, -0.2) is 0 Å². The minimum atomic E-state index is -0.592. The Hall–Kier alpha value is -2.00. The van der Waals surface area contributed by atoms with E-state index >= 15 is 0 Å². The van der Waals surface area contributed by atoms with E-state index in [1.807, 2.05) is 32.0 Å². The van der Waals surface area contributed by atoms with Crippen LogP contribution in [0.2, 0.25) is 5.02 Å². The molecule has 0 aliphatic rings. The topological polar surface area (TPSA) is 38.3 Å². The number of nitrogens with one attached hydrogen (secondary N) is 1. The number of hydrogen-bond donors (Lipinski definition) is 1. The molecule has 110 valence electrons. The molecule has 0 aliphatic heterocycles. The lowest BCUT2D eigenvalue weighted by atomic mass is 10.1. The number of ether oxygens (including phenoxy) is 1. The molecule has 21 heavy (non-hydrogen) atoms. The number of amides is 1. The second kappa shape index (κ2) is 6.64. The monoisotopic (exact) mass is 303 g/mol. The molecule has 1 N–H and O–H groups in total. The van der Waals surface area contributed by atoms with E-state index in [-0.39, 0.29) is 5.91 Å². The van der Waals surface area contributed by atoms with Crippen molar-refractivity contribution in [2.24, 2.45) is 0 Å². The Balaban J connectivity index is 2.04. The molecule has 0 fully saturated rings. The molecule has 1 unspecified atom stereocenters. The zero-order valence-electron chi connectivity index (χ0n) is 12.3. The van der Waals surface area contributed by atoms with Crippen molar-refractivity contribution in [3.05, 3.63) is 58.6 Å². The van der Waals surface area contributed by atoms with Crippen molar-refractivity contribution in [1.82, 2.24) is 0 Å². The molecule has 4 heteroatoms. The molecule has 0 heterocycles. The Morgan fingerprint density at radius 1 is 1.10 bits per heavy atom. The van der Waals surface area contributed by atoms with Gasteiger partial charge in [0.15, 0.2) is 6.10 Å². The lowest BCUT2D eigenvalue weighted by Crippen LogP contribution is -2.30. The van der Waals surface area contributed by atoms with E-state index in [0.29, 0.717) is 10.8 Å². The zero-order chi connectivity index (χ0) is 15.4. The molecular formula is C17H18ClNO2. The Kier molecular flexibility index (Phi) is 4.86. The fourth-order valence-electron chi connectivity index (χ4n) is 2.01. The summed E-state index contributed by atoms with van der Waals surface area (Å²) in [5, 5.41) is 3.55. The Morgan fingerprint density at radius 2 is 1.67 bits per heavy atom. The number of aryl methyl sites for hydroxylation is 2. The summed E-state index contributed by atoms with van der Waals surface area (Å²) in [5.74, 6) is 0.436. The van der Waals surface area contributed by atoms with Crippen LogP contribution in [-0.2, 0) is 4.79 Å². The molecule has 0 aromatic heterocycles. The van der Waals surface area contributed by atoms with Crippen molar-refractivity contribution in [2.45, 2.75) is 26.9 Å². The molecule has 3 nitrogen and oxygen atoms in total. The van der Waals surface area contributed by atoms with Crippen LogP contribution in [0.4, 0.5) is 5.69 Å². The van der Waals surface area contributed by atoms with E-state index < -0.39 is 6.10 Å². The summed E-state index contributed by atoms with van der Waals surface area (Å²) in [4.78, 5) is 12.2. The lowest BCUT2D eigenvalue weighted by Gasteiger charge is -2.17. The standard InChI is InChI=1S/C17H18ClNO2/c1-11-5-4-6-12(2)16(11)19-17(20)13(3)21-15-9-7-14(18)8-10-15/h4-10,13H,1-3H3,(H,19,20). The molecular weight excluding hydrogens is 286 g/mol. The maximum atomic E-state index is 12.2. The fraction of sp³-hybridized carbons (Fsp3) is 0.235. The van der Waals surface area contributed by atoms with Crippen molar-refractivity contribution >= 4 is 23.2 Å². The van der Waals surface area contributed by atoms with Crippen molar-refractivity contribution in [3.63, 3.8) is 0 Å². The molecule has 0 saturated carbocycles. The average Bonchev–Trinajstić information content (AvgIpc) is 2.45. The molecule has 0 radical (unpaired) electrons. The molecule has 0 saturated heterocycles. The average molecular weight is 304 g/mol. The second-order valence-corrected chi connectivity index (χ2v) is 5.41. The first kappa shape index (κ1) is 15.4. The van der Waals surface area contributed by atoms with Crippen LogP contribution < -0.4 is 10.1 Å². The molecule has 0 spiro atoms. The molecule has 2 aromatic carbocycles. The van der Waals surface area contributed by atoms with E-state index in [0.717, 1.165) is 16.8 Å². The number of benzene rings is 2. The van der Waals surface area contributed by atoms with Gasteiger partial charge in [-0.3, -0.25) is 4.79 Å². The summed E-state index contributed by atoms with van der Waals surface area (Å²) in [5.41, 5.74) is 2.90. The second-order valence-electron chi connectivity index (χ2n) is 4.97. The van der Waals surface area contributed by atoms with E-state index in [1.165, 1.54) is 0 Å². The van der Waals surface area contributed by atoms with Crippen LogP contribution in [0.25, 0.3) is 0 Å². The maximum absolute atomic E-state index is 12.2. The van der Waals surface area contributed by atoms with Gasteiger partial charge in [0.05, 0.1) is 0 Å². The first-order valence-electron chi connectivity index (χ1n) is 6.76. The predicted molar refractivity (Wildman–Crippen MR) is 86.1 cm³/mol. The van der Waals surface area contributed by atoms with Crippen LogP contribution in [0.3, 0.4) is 0 Å². The number of rotatable bonds is 4. The van der Waals surface area contributed by atoms with Crippen LogP contribution in [0.1, 0.15) is 18.1 Å². The van der Waals surface area contributed by atoms with Crippen LogP contribution in [0.5, 0.6) is 5.75 Å². The third-order valence-electron chi connectivity index (χ3n) is 3.23. The number of carbonyl (C=O) groups is 1. The van der Waals surface area contributed by atoms with Crippen molar-refractivity contribution in [2.75, 3.05) is 5.32 Å². The van der Waals surface area contributed by atoms with Crippen LogP contribution in [0, 0.1) is 13.8 Å². The Bertz CT molecular complexity index is 617. The Labute approximate surface area is 129 Å². The highest BCUT2D eigenvalue weighted by Crippen LogP contribution is 2.21. The summed E-state index contributed by atoms with van der Waals surface area (Å²) in [7, 11) is 0. The fourth-order valence-corrected chi connectivity index (χ4v) is 2.13. The van der Waals surface area contributed by atoms with Gasteiger partial charge < -0.3 is 10.1 Å². The predicted octanol–water partition coefficient (Wildman–Crippen LogP) is 4.36. The first-order chi connectivity index (χ1) is 9.97. The van der Waals surface area contributed by atoms with Crippen molar-refractivity contribution < 1.29 is 9.53 Å². The maximum Gasteiger partial charge on any atom is 0.265 e. The summed E-state index contributed by atoms with van der Waals surface area (Å²) in [6, 6.07) is 12.8. The molecule has 1 amide bonds. The normalized spacial score (nSPS) is 11.8. The van der Waals surface area contributed by atoms with E-state index in [2.05, 4.69) is 5.32 Å². The van der Waals surface area contributed by atoms with Gasteiger partial charge in [0, 0.05) is 10.7 Å². The SMILES string of the molecule is Cc1cccc(C)c1NC(=O)C(C)Oc1ccc(Cl)cc1. The largest absolute Gasteiger partial charge is 0.481 e. The zero-order valence-corrected chi connectivity index (χ0v) is 13.1. The van der Waals surface area contributed by atoms with Gasteiger partial charge >= 0.3 is 0 Å². The molecule has 2 rings (SSSR count). The molecule has 0 aliphatic carbocycles. The van der Waals surface area contributed by atoms with Gasteiger partial charge in [0.1, 0.15) is 5.75 Å². The van der Waals surface area contributed by atoms with Crippen molar-refractivity contribution in [1.29, 1.82) is 0 Å². The third kappa shape index (κ3) is 3.99.